The van der Waals surface area contributed by atoms with Crippen LogP contribution >= 0.6 is 0 Å². The quantitative estimate of drug-likeness (QED) is 0.939. The standard InChI is InChI=1S/C16H19N3O2/c1-4-11(2)12-7-5-6-8-13(12)17-16(21)14-9-10-15(20)19(3)18-14/h5-11H,4H2,1-3H3,(H,17,21)/t11-/m0/s1. The van der Waals surface area contributed by atoms with Crippen molar-refractivity contribution < 1.29 is 4.79 Å². The van der Waals surface area contributed by atoms with Crippen LogP contribution in [0.4, 0.5) is 5.69 Å². The highest BCUT2D eigenvalue weighted by atomic mass is 16.2. The van der Waals surface area contributed by atoms with Gasteiger partial charge in [-0.3, -0.25) is 9.59 Å². The highest BCUT2D eigenvalue weighted by molar-refractivity contribution is 6.03. The van der Waals surface area contributed by atoms with Crippen LogP contribution in [0.2, 0.25) is 0 Å². The van der Waals surface area contributed by atoms with Crippen LogP contribution in [-0.4, -0.2) is 15.7 Å². The molecule has 0 saturated carbocycles. The summed E-state index contributed by atoms with van der Waals surface area (Å²) >= 11 is 0. The third kappa shape index (κ3) is 3.37. The first kappa shape index (κ1) is 15.0. The van der Waals surface area contributed by atoms with Gasteiger partial charge in [0, 0.05) is 18.8 Å². The maximum absolute atomic E-state index is 12.3. The van der Waals surface area contributed by atoms with E-state index in [1.54, 1.807) is 0 Å². The van der Waals surface area contributed by atoms with Gasteiger partial charge in [-0.1, -0.05) is 32.0 Å². The summed E-state index contributed by atoms with van der Waals surface area (Å²) in [6.07, 6.45) is 0.991. The molecule has 0 aliphatic rings. The van der Waals surface area contributed by atoms with Crippen molar-refractivity contribution in [1.29, 1.82) is 0 Å². The van der Waals surface area contributed by atoms with E-state index in [2.05, 4.69) is 24.3 Å². The average molecular weight is 285 g/mol. The van der Waals surface area contributed by atoms with E-state index in [-0.39, 0.29) is 17.2 Å². The number of hydrogen-bond acceptors (Lipinski definition) is 3. The van der Waals surface area contributed by atoms with Crippen LogP contribution in [0.5, 0.6) is 0 Å². The van der Waals surface area contributed by atoms with Gasteiger partial charge in [0.05, 0.1) is 0 Å². The Morgan fingerprint density at radius 1 is 1.29 bits per heavy atom. The number of anilines is 1. The first-order valence-corrected chi connectivity index (χ1v) is 6.97. The molecule has 0 fully saturated rings. The van der Waals surface area contributed by atoms with Crippen LogP contribution in [0.25, 0.3) is 0 Å². The molecule has 2 rings (SSSR count). The summed E-state index contributed by atoms with van der Waals surface area (Å²) in [5.41, 5.74) is 1.85. The number of benzene rings is 1. The van der Waals surface area contributed by atoms with E-state index in [4.69, 9.17) is 0 Å². The molecule has 0 radical (unpaired) electrons. The number of amides is 1. The normalized spacial score (nSPS) is 12.0. The molecule has 1 amide bonds. The number of rotatable bonds is 4. The minimum Gasteiger partial charge on any atom is -0.320 e. The molecule has 2 aromatic rings. The third-order valence-electron chi connectivity index (χ3n) is 3.55. The second-order valence-electron chi connectivity index (χ2n) is 5.03. The van der Waals surface area contributed by atoms with E-state index >= 15 is 0 Å². The minimum atomic E-state index is -0.318. The molecule has 110 valence electrons. The van der Waals surface area contributed by atoms with E-state index in [1.165, 1.54) is 19.2 Å². The Labute approximate surface area is 123 Å². The van der Waals surface area contributed by atoms with E-state index in [0.29, 0.717) is 5.92 Å². The summed E-state index contributed by atoms with van der Waals surface area (Å²) < 4.78 is 1.15. The van der Waals surface area contributed by atoms with Gasteiger partial charge in [-0.25, -0.2) is 4.68 Å². The fraction of sp³-hybridized carbons (Fsp3) is 0.312. The number of aryl methyl sites for hydroxylation is 1. The molecule has 0 unspecified atom stereocenters. The molecule has 5 heteroatoms. The molecule has 1 N–H and O–H groups in total. The van der Waals surface area contributed by atoms with Gasteiger partial charge in [-0.05, 0) is 30.0 Å². The Hall–Kier alpha value is -2.43. The van der Waals surface area contributed by atoms with Crippen molar-refractivity contribution in [2.75, 3.05) is 5.32 Å². The van der Waals surface area contributed by atoms with Gasteiger partial charge in [-0.15, -0.1) is 0 Å². The lowest BCUT2D eigenvalue weighted by atomic mass is 9.97. The van der Waals surface area contributed by atoms with Gasteiger partial charge < -0.3 is 5.32 Å². The van der Waals surface area contributed by atoms with E-state index in [0.717, 1.165) is 22.4 Å². The molecular weight excluding hydrogens is 266 g/mol. The Morgan fingerprint density at radius 3 is 2.67 bits per heavy atom. The highest BCUT2D eigenvalue weighted by Crippen LogP contribution is 2.26. The molecule has 5 nitrogen and oxygen atoms in total. The number of para-hydroxylation sites is 1. The molecule has 1 heterocycles. The molecule has 1 aromatic carbocycles. The van der Waals surface area contributed by atoms with Gasteiger partial charge in [-0.2, -0.15) is 5.10 Å². The zero-order valence-electron chi connectivity index (χ0n) is 12.5. The van der Waals surface area contributed by atoms with Gasteiger partial charge in [0.2, 0.25) is 0 Å². The zero-order valence-corrected chi connectivity index (χ0v) is 12.5. The zero-order chi connectivity index (χ0) is 15.4. The second-order valence-corrected chi connectivity index (χ2v) is 5.03. The Balaban J connectivity index is 2.27. The lowest BCUT2D eigenvalue weighted by Crippen LogP contribution is -2.24. The lowest BCUT2D eigenvalue weighted by Gasteiger charge is -2.15. The molecule has 0 spiro atoms. The Morgan fingerprint density at radius 2 is 2.00 bits per heavy atom. The number of aromatic nitrogens is 2. The number of hydrogen-bond donors (Lipinski definition) is 1. The molecule has 0 aliphatic carbocycles. The van der Waals surface area contributed by atoms with Crippen LogP contribution in [-0.2, 0) is 7.05 Å². The van der Waals surface area contributed by atoms with Gasteiger partial charge in [0.1, 0.15) is 5.69 Å². The van der Waals surface area contributed by atoms with Crippen LogP contribution in [0.1, 0.15) is 42.2 Å². The van der Waals surface area contributed by atoms with Crippen molar-refractivity contribution in [3.05, 3.63) is 58.0 Å². The number of carbonyl (C=O) groups excluding carboxylic acids is 1. The predicted octanol–water partition coefficient (Wildman–Crippen LogP) is 2.55. The van der Waals surface area contributed by atoms with Crippen molar-refractivity contribution in [2.24, 2.45) is 7.05 Å². The van der Waals surface area contributed by atoms with Gasteiger partial charge in [0.15, 0.2) is 0 Å². The fourth-order valence-electron chi connectivity index (χ4n) is 2.07. The molecule has 21 heavy (non-hydrogen) atoms. The molecule has 0 saturated heterocycles. The van der Waals surface area contributed by atoms with Gasteiger partial charge in [0.25, 0.3) is 11.5 Å². The Kier molecular flexibility index (Phi) is 4.52. The maximum atomic E-state index is 12.3. The smallest absolute Gasteiger partial charge is 0.276 e. The topological polar surface area (TPSA) is 64.0 Å². The van der Waals surface area contributed by atoms with Crippen molar-refractivity contribution in [3.8, 4) is 0 Å². The van der Waals surface area contributed by atoms with E-state index in [9.17, 15) is 9.59 Å². The summed E-state index contributed by atoms with van der Waals surface area (Å²) in [5.74, 6) is 0.0379. The van der Waals surface area contributed by atoms with E-state index in [1.807, 2.05) is 24.3 Å². The van der Waals surface area contributed by atoms with Crippen LogP contribution in [0.15, 0.2) is 41.2 Å². The van der Waals surface area contributed by atoms with Crippen molar-refractivity contribution in [1.82, 2.24) is 9.78 Å². The molecule has 0 bridgehead atoms. The first-order valence-electron chi connectivity index (χ1n) is 6.97. The maximum Gasteiger partial charge on any atom is 0.276 e. The summed E-state index contributed by atoms with van der Waals surface area (Å²) in [4.78, 5) is 23.6. The van der Waals surface area contributed by atoms with Crippen molar-refractivity contribution >= 4 is 11.6 Å². The third-order valence-corrected chi connectivity index (χ3v) is 3.55. The fourth-order valence-corrected chi connectivity index (χ4v) is 2.07. The van der Waals surface area contributed by atoms with Crippen LogP contribution in [0, 0.1) is 0 Å². The molecule has 1 aromatic heterocycles. The molecule has 0 aliphatic heterocycles. The molecule has 1 atom stereocenters. The summed E-state index contributed by atoms with van der Waals surface area (Å²) in [6.45, 7) is 4.23. The monoisotopic (exact) mass is 285 g/mol. The van der Waals surface area contributed by atoms with Crippen LogP contribution in [0.3, 0.4) is 0 Å². The summed E-state index contributed by atoms with van der Waals surface area (Å²) in [5, 5.41) is 6.83. The predicted molar refractivity (Wildman–Crippen MR) is 82.6 cm³/mol. The largest absolute Gasteiger partial charge is 0.320 e. The first-order chi connectivity index (χ1) is 10.0. The SMILES string of the molecule is CC[C@H](C)c1ccccc1NC(=O)c1ccc(=O)n(C)n1. The van der Waals surface area contributed by atoms with Crippen molar-refractivity contribution in [3.63, 3.8) is 0 Å². The van der Waals surface area contributed by atoms with Gasteiger partial charge >= 0.3 is 0 Å². The second kappa shape index (κ2) is 6.35. The van der Waals surface area contributed by atoms with Crippen molar-refractivity contribution in [2.45, 2.75) is 26.2 Å². The van der Waals surface area contributed by atoms with E-state index < -0.39 is 0 Å². The Bertz CT molecular complexity index is 707. The summed E-state index contributed by atoms with van der Waals surface area (Å²) in [6, 6.07) is 10.5. The van der Waals surface area contributed by atoms with Crippen LogP contribution < -0.4 is 10.9 Å². The lowest BCUT2D eigenvalue weighted by molar-refractivity contribution is 0.102. The number of nitrogens with zero attached hydrogens (tertiary/aromatic N) is 2. The average Bonchev–Trinajstić information content (AvgIpc) is 2.49. The minimum absolute atomic E-state index is 0.219. The number of nitrogens with one attached hydrogen (secondary N) is 1. The molecular formula is C16H19N3O2. The highest BCUT2D eigenvalue weighted by Gasteiger charge is 2.13. The number of carbonyl (C=O) groups is 1. The summed E-state index contributed by atoms with van der Waals surface area (Å²) in [7, 11) is 1.52.